The van der Waals surface area contributed by atoms with E-state index in [4.69, 9.17) is 15.3 Å². The quantitative estimate of drug-likeness (QED) is 0.470. The van der Waals surface area contributed by atoms with Crippen molar-refractivity contribution in [3.05, 3.63) is 29.3 Å². The number of aliphatic hydroxyl groups excluding tert-OH is 3. The summed E-state index contributed by atoms with van der Waals surface area (Å²) in [4.78, 5) is 1.83. The Morgan fingerprint density at radius 2 is 1.35 bits per heavy atom. The highest BCUT2D eigenvalue weighted by molar-refractivity contribution is 7.85. The van der Waals surface area contributed by atoms with Gasteiger partial charge in [0.05, 0.1) is 24.7 Å². The number of aliphatic hydroxyl groups is 3. The minimum Gasteiger partial charge on any atom is -0.395 e. The Labute approximate surface area is 157 Å². The van der Waals surface area contributed by atoms with Gasteiger partial charge in [0.1, 0.15) is 0 Å². The first kappa shape index (κ1) is 25.0. The summed E-state index contributed by atoms with van der Waals surface area (Å²) in [5.74, 6) is 0.301. The first-order valence-electron chi connectivity index (χ1n) is 8.75. The Morgan fingerprint density at radius 1 is 0.885 bits per heavy atom. The Hall–Kier alpha value is -1.03. The summed E-state index contributed by atoms with van der Waals surface area (Å²) in [6.45, 7) is 9.62. The van der Waals surface area contributed by atoms with Crippen molar-refractivity contribution in [2.75, 3.05) is 39.5 Å². The maximum absolute atomic E-state index is 11.3. The second-order valence-electron chi connectivity index (χ2n) is 6.56. The van der Waals surface area contributed by atoms with Gasteiger partial charge in [-0.15, -0.1) is 0 Å². The van der Waals surface area contributed by atoms with E-state index in [0.29, 0.717) is 19.6 Å². The van der Waals surface area contributed by atoms with Crippen LogP contribution >= 0.6 is 0 Å². The van der Waals surface area contributed by atoms with Crippen LogP contribution in [-0.4, -0.2) is 72.6 Å². The zero-order chi connectivity index (χ0) is 20.3. The molecule has 1 rings (SSSR count). The highest BCUT2D eigenvalue weighted by Gasteiger charge is 2.21. The molecule has 0 aliphatic carbocycles. The van der Waals surface area contributed by atoms with Gasteiger partial charge in [-0.1, -0.05) is 39.8 Å². The molecule has 0 atom stereocenters. The third-order valence-corrected chi connectivity index (χ3v) is 4.74. The predicted octanol–water partition coefficient (Wildman–Crippen LogP) is 1.45. The highest BCUT2D eigenvalue weighted by atomic mass is 32.2. The van der Waals surface area contributed by atoms with E-state index in [9.17, 15) is 13.0 Å². The van der Waals surface area contributed by atoms with E-state index < -0.39 is 10.1 Å². The third-order valence-electron chi connectivity index (χ3n) is 3.83. The largest absolute Gasteiger partial charge is 0.395 e. The lowest BCUT2D eigenvalue weighted by Crippen LogP contribution is -2.32. The molecule has 0 saturated carbocycles. The van der Waals surface area contributed by atoms with E-state index in [0.717, 1.165) is 11.1 Å². The molecule has 4 N–H and O–H groups in total. The summed E-state index contributed by atoms with van der Waals surface area (Å²) < 4.78 is 31.8. The lowest BCUT2D eigenvalue weighted by Gasteiger charge is -2.18. The summed E-state index contributed by atoms with van der Waals surface area (Å²) >= 11 is 0. The van der Waals surface area contributed by atoms with Gasteiger partial charge in [-0.25, -0.2) is 0 Å². The molecular weight excluding hydrogens is 358 g/mol. The molecule has 0 saturated heterocycles. The second-order valence-corrected chi connectivity index (χ2v) is 7.95. The predicted molar refractivity (Wildman–Crippen MR) is 102 cm³/mol. The van der Waals surface area contributed by atoms with Gasteiger partial charge in [0.25, 0.3) is 10.1 Å². The molecule has 0 radical (unpaired) electrons. The van der Waals surface area contributed by atoms with Crippen molar-refractivity contribution < 1.29 is 28.3 Å². The fourth-order valence-electron chi connectivity index (χ4n) is 2.67. The van der Waals surface area contributed by atoms with Crippen LogP contribution in [0.5, 0.6) is 0 Å². The number of nitrogens with zero attached hydrogens (tertiary/aromatic N) is 1. The van der Waals surface area contributed by atoms with E-state index in [1.54, 1.807) is 11.0 Å². The fourth-order valence-corrected chi connectivity index (χ4v) is 3.55. The molecule has 0 spiro atoms. The molecule has 0 aliphatic rings. The second kappa shape index (κ2) is 12.4. The molecule has 1 aromatic carbocycles. The van der Waals surface area contributed by atoms with Gasteiger partial charge in [-0.2, -0.15) is 8.42 Å². The van der Waals surface area contributed by atoms with Crippen LogP contribution < -0.4 is 0 Å². The molecule has 0 unspecified atom stereocenters. The van der Waals surface area contributed by atoms with Crippen LogP contribution in [0.25, 0.3) is 0 Å². The minimum atomic E-state index is -4.13. The van der Waals surface area contributed by atoms with E-state index in [2.05, 4.69) is 0 Å². The van der Waals surface area contributed by atoms with Crippen molar-refractivity contribution in [1.82, 2.24) is 4.90 Å². The van der Waals surface area contributed by atoms with Gasteiger partial charge in [0, 0.05) is 19.6 Å². The molecular formula is C18H33NO6S. The Kier molecular flexibility index (Phi) is 11.9. The molecule has 0 heterocycles. The zero-order valence-electron chi connectivity index (χ0n) is 16.1. The van der Waals surface area contributed by atoms with Crippen molar-refractivity contribution in [3.63, 3.8) is 0 Å². The van der Waals surface area contributed by atoms with E-state index in [1.165, 1.54) is 6.07 Å². The van der Waals surface area contributed by atoms with Crippen molar-refractivity contribution in [3.8, 4) is 0 Å². The smallest absolute Gasteiger partial charge is 0.294 e. The number of hydrogen-bond donors (Lipinski definition) is 4. The average Bonchev–Trinajstić information content (AvgIpc) is 2.54. The summed E-state index contributed by atoms with van der Waals surface area (Å²) in [7, 11) is -4.13. The topological polar surface area (TPSA) is 118 Å². The number of hydrogen-bond acceptors (Lipinski definition) is 6. The fraction of sp³-hybridized carbons (Fsp3) is 0.667. The molecule has 0 amide bonds. The van der Waals surface area contributed by atoms with Gasteiger partial charge in [0.2, 0.25) is 0 Å². The van der Waals surface area contributed by atoms with Gasteiger partial charge in [-0.3, -0.25) is 9.45 Å². The molecule has 0 aromatic heterocycles. The molecule has 0 bridgehead atoms. The van der Waals surface area contributed by atoms with Crippen LogP contribution in [0.15, 0.2) is 23.1 Å². The monoisotopic (exact) mass is 391 g/mol. The summed E-state index contributed by atoms with van der Waals surface area (Å²) in [5.41, 5.74) is 1.70. The molecule has 1 aromatic rings. The first-order chi connectivity index (χ1) is 12.1. The van der Waals surface area contributed by atoms with Gasteiger partial charge >= 0.3 is 0 Å². The molecule has 152 valence electrons. The zero-order valence-corrected chi connectivity index (χ0v) is 16.9. The van der Waals surface area contributed by atoms with Crippen LogP contribution in [0.1, 0.15) is 50.7 Å². The maximum Gasteiger partial charge on any atom is 0.294 e. The van der Waals surface area contributed by atoms with Crippen molar-refractivity contribution in [2.45, 2.75) is 44.4 Å². The van der Waals surface area contributed by atoms with Crippen molar-refractivity contribution in [1.29, 1.82) is 0 Å². The lowest BCUT2D eigenvalue weighted by molar-refractivity contribution is 0.136. The van der Waals surface area contributed by atoms with Crippen molar-refractivity contribution >= 4 is 10.1 Å². The normalized spacial score (nSPS) is 11.8. The lowest BCUT2D eigenvalue weighted by atomic mass is 9.91. The molecule has 7 nitrogen and oxygen atoms in total. The van der Waals surface area contributed by atoms with Crippen LogP contribution in [0, 0.1) is 0 Å². The first-order valence-corrected chi connectivity index (χ1v) is 10.2. The molecule has 8 heteroatoms. The van der Waals surface area contributed by atoms with Crippen LogP contribution in [0.2, 0.25) is 0 Å². The summed E-state index contributed by atoms with van der Waals surface area (Å²) in [5, 5.41) is 25.5. The van der Waals surface area contributed by atoms with Crippen LogP contribution in [-0.2, 0) is 10.1 Å². The van der Waals surface area contributed by atoms with Crippen LogP contribution in [0.4, 0.5) is 0 Å². The van der Waals surface area contributed by atoms with Gasteiger partial charge < -0.3 is 15.3 Å². The number of benzene rings is 1. The number of rotatable bonds is 9. The Balaban J connectivity index is 0.000000541. The molecule has 0 aliphatic heterocycles. The molecule has 0 fully saturated rings. The van der Waals surface area contributed by atoms with Crippen LogP contribution in [0.3, 0.4) is 0 Å². The van der Waals surface area contributed by atoms with E-state index in [-0.39, 0.29) is 36.6 Å². The minimum absolute atomic E-state index is 0.0358. The van der Waals surface area contributed by atoms with Gasteiger partial charge in [0.15, 0.2) is 0 Å². The highest BCUT2D eigenvalue weighted by Crippen LogP contribution is 2.31. The molecule has 26 heavy (non-hydrogen) atoms. The summed E-state index contributed by atoms with van der Waals surface area (Å²) in [6, 6.07) is 5.04. The van der Waals surface area contributed by atoms with Crippen molar-refractivity contribution in [2.24, 2.45) is 0 Å². The van der Waals surface area contributed by atoms with E-state index >= 15 is 0 Å². The Morgan fingerprint density at radius 3 is 1.65 bits per heavy atom. The maximum atomic E-state index is 11.3. The van der Waals surface area contributed by atoms with E-state index in [1.807, 2.05) is 33.8 Å². The standard InChI is InChI=1S/C12H18O3S.C6H15NO3/c1-8(2)10-6-5-7-11(16(13,14)15)12(10)9(3)4;8-4-1-7(2-5-9)3-6-10/h5-9H,1-4H3,(H,13,14,15);8-10H,1-6H2. The SMILES string of the molecule is CC(C)c1cccc(S(=O)(=O)O)c1C(C)C.OCCN(CCO)CCO. The summed E-state index contributed by atoms with van der Waals surface area (Å²) in [6.07, 6.45) is 0. The third kappa shape index (κ3) is 8.57. The van der Waals surface area contributed by atoms with Gasteiger partial charge in [-0.05, 0) is 29.0 Å². The Bertz CT molecular complexity index is 602. The average molecular weight is 392 g/mol.